The lowest BCUT2D eigenvalue weighted by Gasteiger charge is -2.17. The summed E-state index contributed by atoms with van der Waals surface area (Å²) in [6, 6.07) is 4.03. The summed E-state index contributed by atoms with van der Waals surface area (Å²) in [7, 11) is 3.14. The van der Waals surface area contributed by atoms with E-state index in [4.69, 9.17) is 0 Å². The van der Waals surface area contributed by atoms with Crippen LogP contribution in [0.4, 0.5) is 10.1 Å². The van der Waals surface area contributed by atoms with Gasteiger partial charge in [-0.25, -0.2) is 4.39 Å². The molecule has 0 spiro atoms. The van der Waals surface area contributed by atoms with Gasteiger partial charge in [0.15, 0.2) is 0 Å². The van der Waals surface area contributed by atoms with E-state index in [0.717, 1.165) is 12.8 Å². The lowest BCUT2D eigenvalue weighted by Crippen LogP contribution is -2.36. The van der Waals surface area contributed by atoms with E-state index in [0.29, 0.717) is 58.6 Å². The van der Waals surface area contributed by atoms with E-state index in [1.807, 2.05) is 0 Å². The first-order chi connectivity index (χ1) is 17.1. The molecule has 2 aliphatic rings. The Bertz CT molecular complexity index is 1280. The molecule has 190 valence electrons. The van der Waals surface area contributed by atoms with E-state index >= 15 is 0 Å². The van der Waals surface area contributed by atoms with Gasteiger partial charge in [0.05, 0.1) is 11.1 Å². The minimum absolute atomic E-state index is 0.101. The van der Waals surface area contributed by atoms with Gasteiger partial charge in [-0.15, -0.1) is 0 Å². The highest BCUT2D eigenvalue weighted by atomic mass is 19.1. The molecule has 1 saturated carbocycles. The first-order valence-corrected chi connectivity index (χ1v) is 12.1. The minimum atomic E-state index is -0.482. The van der Waals surface area contributed by atoms with Crippen LogP contribution < -0.4 is 10.6 Å². The molecule has 1 aromatic heterocycles. The summed E-state index contributed by atoms with van der Waals surface area (Å²) in [5.41, 5.74) is 3.80. The molecule has 3 amide bonds. The average molecular weight is 495 g/mol. The van der Waals surface area contributed by atoms with Crippen molar-refractivity contribution in [3.8, 4) is 0 Å². The van der Waals surface area contributed by atoms with Gasteiger partial charge in [0.2, 0.25) is 5.78 Å². The number of aryl methyl sites for hydroxylation is 1. The molecule has 4 rings (SSSR count). The highest BCUT2D eigenvalue weighted by Crippen LogP contribution is 2.34. The summed E-state index contributed by atoms with van der Waals surface area (Å²) in [4.78, 5) is 54.7. The molecule has 1 fully saturated rings. The molecule has 2 unspecified atom stereocenters. The van der Waals surface area contributed by atoms with E-state index < -0.39 is 11.7 Å². The smallest absolute Gasteiger partial charge is 0.289 e. The van der Waals surface area contributed by atoms with Crippen LogP contribution in [-0.4, -0.2) is 53.5 Å². The molecular formula is C27H31FN4O4. The zero-order valence-electron chi connectivity index (χ0n) is 21.0. The van der Waals surface area contributed by atoms with Crippen molar-refractivity contribution in [3.63, 3.8) is 0 Å². The van der Waals surface area contributed by atoms with Crippen molar-refractivity contribution in [3.05, 3.63) is 52.1 Å². The Morgan fingerprint density at radius 3 is 2.58 bits per heavy atom. The molecule has 0 bridgehead atoms. The Hall–Kier alpha value is -3.75. The van der Waals surface area contributed by atoms with Crippen LogP contribution in [0.5, 0.6) is 0 Å². The normalized spacial score (nSPS) is 20.5. The summed E-state index contributed by atoms with van der Waals surface area (Å²) in [6.45, 7) is 3.60. The molecular weight excluding hydrogens is 463 g/mol. The maximum atomic E-state index is 13.8. The van der Waals surface area contributed by atoms with E-state index in [9.17, 15) is 23.6 Å². The number of hydrogen-bond acceptors (Lipinski definition) is 4. The Morgan fingerprint density at radius 2 is 1.86 bits per heavy atom. The summed E-state index contributed by atoms with van der Waals surface area (Å²) in [6.07, 6.45) is 4.92. The van der Waals surface area contributed by atoms with Crippen LogP contribution in [0.25, 0.3) is 11.6 Å². The van der Waals surface area contributed by atoms with Gasteiger partial charge < -0.3 is 20.5 Å². The second-order valence-electron chi connectivity index (χ2n) is 9.81. The number of H-pyrrole nitrogens is 1. The number of hydrogen-bond donors (Lipinski definition) is 3. The number of fused-ring (bicyclic) bond motifs is 1. The predicted octanol–water partition coefficient (Wildman–Crippen LogP) is 3.60. The largest absolute Gasteiger partial charge is 0.358 e. The standard InChI is InChI=1S/C27H31FN4O4/c1-14-22(13-20-19-12-17(28)9-11-21(19)31-25(20)34)29-15(2)23(14)26(35)30-18-7-5-6-16(8-10-18)24(33)27(36)32(3)4/h9,11-13,16,18,29H,5-8,10H2,1-4H3,(H,30,35)(H,31,34)/b20-13-. The molecule has 1 aromatic carbocycles. The lowest BCUT2D eigenvalue weighted by atomic mass is 9.94. The molecule has 0 saturated heterocycles. The summed E-state index contributed by atoms with van der Waals surface area (Å²) in [5.74, 6) is -2.16. The topological polar surface area (TPSA) is 111 Å². The second kappa shape index (κ2) is 10.1. The number of nitrogens with one attached hydrogen (secondary N) is 3. The number of carbonyl (C=O) groups is 4. The highest BCUT2D eigenvalue weighted by molar-refractivity contribution is 6.36. The van der Waals surface area contributed by atoms with Gasteiger partial charge >= 0.3 is 0 Å². The minimum Gasteiger partial charge on any atom is -0.358 e. The fraction of sp³-hybridized carbons (Fsp3) is 0.407. The van der Waals surface area contributed by atoms with Crippen molar-refractivity contribution < 1.29 is 23.6 Å². The number of nitrogens with zero attached hydrogens (tertiary/aromatic N) is 1. The third-order valence-corrected chi connectivity index (χ3v) is 7.05. The van der Waals surface area contributed by atoms with Crippen LogP contribution in [0.2, 0.25) is 0 Å². The van der Waals surface area contributed by atoms with Crippen molar-refractivity contribution in [2.75, 3.05) is 19.4 Å². The molecule has 36 heavy (non-hydrogen) atoms. The van der Waals surface area contributed by atoms with Gasteiger partial charge in [-0.3, -0.25) is 19.2 Å². The third-order valence-electron chi connectivity index (χ3n) is 7.05. The van der Waals surface area contributed by atoms with Crippen molar-refractivity contribution in [1.29, 1.82) is 0 Å². The molecule has 1 aliphatic heterocycles. The van der Waals surface area contributed by atoms with E-state index in [1.54, 1.807) is 34.0 Å². The maximum Gasteiger partial charge on any atom is 0.289 e. The van der Waals surface area contributed by atoms with Gasteiger partial charge in [0.25, 0.3) is 17.7 Å². The maximum absolute atomic E-state index is 13.8. The van der Waals surface area contributed by atoms with Crippen molar-refractivity contribution in [1.82, 2.24) is 15.2 Å². The number of benzene rings is 1. The first kappa shape index (κ1) is 25.3. The van der Waals surface area contributed by atoms with Crippen LogP contribution >= 0.6 is 0 Å². The number of amides is 3. The summed E-state index contributed by atoms with van der Waals surface area (Å²) < 4.78 is 13.8. The van der Waals surface area contributed by atoms with Gasteiger partial charge in [0.1, 0.15) is 5.82 Å². The number of halogens is 1. The van der Waals surface area contributed by atoms with Gasteiger partial charge in [-0.05, 0) is 69.4 Å². The molecule has 2 heterocycles. The number of rotatable bonds is 5. The van der Waals surface area contributed by atoms with Crippen molar-refractivity contribution in [2.45, 2.75) is 52.0 Å². The van der Waals surface area contributed by atoms with Crippen LogP contribution in [0, 0.1) is 25.6 Å². The number of anilines is 1. The quantitative estimate of drug-likeness (QED) is 0.335. The number of likely N-dealkylation sites (N-methyl/N-ethyl adjacent to an activating group) is 1. The van der Waals surface area contributed by atoms with E-state index in [-0.39, 0.29) is 29.6 Å². The Kier molecular flexibility index (Phi) is 7.10. The Morgan fingerprint density at radius 1 is 1.11 bits per heavy atom. The Labute approximate surface area is 209 Å². The van der Waals surface area contributed by atoms with Crippen molar-refractivity contribution in [2.24, 2.45) is 5.92 Å². The SMILES string of the molecule is Cc1[nH]c(/C=C2\C(=O)Nc3ccc(F)cc32)c(C)c1C(=O)NC1CCCC(C(=O)C(=O)N(C)C)CC1. The zero-order valence-corrected chi connectivity index (χ0v) is 21.0. The highest BCUT2D eigenvalue weighted by Gasteiger charge is 2.31. The molecule has 2 aromatic rings. The van der Waals surface area contributed by atoms with Gasteiger partial charge in [-0.2, -0.15) is 0 Å². The second-order valence-corrected chi connectivity index (χ2v) is 9.81. The van der Waals surface area contributed by atoms with E-state index in [2.05, 4.69) is 15.6 Å². The fourth-order valence-electron chi connectivity index (χ4n) is 5.07. The average Bonchev–Trinajstić information content (AvgIpc) is 3.15. The molecule has 8 nitrogen and oxygen atoms in total. The predicted molar refractivity (Wildman–Crippen MR) is 135 cm³/mol. The monoisotopic (exact) mass is 494 g/mol. The van der Waals surface area contributed by atoms with Crippen LogP contribution in [0.1, 0.15) is 65.0 Å². The Balaban J connectivity index is 1.49. The molecule has 3 N–H and O–H groups in total. The van der Waals surface area contributed by atoms with Gasteiger partial charge in [0, 0.05) is 48.7 Å². The molecule has 2 atom stereocenters. The molecule has 0 radical (unpaired) electrons. The van der Waals surface area contributed by atoms with Crippen LogP contribution in [0.15, 0.2) is 18.2 Å². The number of Topliss-reactive ketones (excluding diaryl/α,β-unsaturated/α-hetero) is 1. The fourth-order valence-corrected chi connectivity index (χ4v) is 5.07. The zero-order chi connectivity index (χ0) is 26.1. The third kappa shape index (κ3) is 4.96. The van der Waals surface area contributed by atoms with E-state index in [1.165, 1.54) is 23.1 Å². The number of aromatic nitrogens is 1. The number of aromatic amines is 1. The van der Waals surface area contributed by atoms with Gasteiger partial charge in [-0.1, -0.05) is 6.42 Å². The number of carbonyl (C=O) groups excluding carboxylic acids is 4. The lowest BCUT2D eigenvalue weighted by molar-refractivity contribution is -0.145. The number of ketones is 1. The van der Waals surface area contributed by atoms with Crippen molar-refractivity contribution >= 4 is 40.8 Å². The summed E-state index contributed by atoms with van der Waals surface area (Å²) in [5, 5.41) is 5.82. The first-order valence-electron chi connectivity index (χ1n) is 12.1. The van der Waals surface area contributed by atoms with Crippen LogP contribution in [-0.2, 0) is 14.4 Å². The molecule has 1 aliphatic carbocycles. The van der Waals surface area contributed by atoms with Crippen LogP contribution in [0.3, 0.4) is 0 Å². The molecule has 9 heteroatoms. The summed E-state index contributed by atoms with van der Waals surface area (Å²) >= 11 is 0.